The first kappa shape index (κ1) is 38.7. The van der Waals surface area contributed by atoms with Gasteiger partial charge >= 0.3 is 12.1 Å². The van der Waals surface area contributed by atoms with Gasteiger partial charge in [0.15, 0.2) is 0 Å². The van der Waals surface area contributed by atoms with Crippen LogP contribution in [0.3, 0.4) is 0 Å². The Bertz CT molecular complexity index is 1310. The number of ether oxygens (including phenoxy) is 2. The van der Waals surface area contributed by atoms with Crippen molar-refractivity contribution in [3.8, 4) is 0 Å². The number of benzene rings is 2. The Hall–Kier alpha value is -4.45. The normalized spacial score (nSPS) is 14.9. The first-order valence-electron chi connectivity index (χ1n) is 15.9. The van der Waals surface area contributed by atoms with Crippen LogP contribution in [0.4, 0.5) is 4.79 Å². The van der Waals surface area contributed by atoms with E-state index in [9.17, 15) is 29.1 Å². The van der Waals surface area contributed by atoms with Gasteiger partial charge in [0, 0.05) is 5.92 Å². The zero-order valence-electron chi connectivity index (χ0n) is 28.3. The fourth-order valence-electron chi connectivity index (χ4n) is 4.80. The lowest BCUT2D eigenvalue weighted by atomic mass is 9.92. The molecule has 0 saturated heterocycles. The van der Waals surface area contributed by atoms with E-state index in [0.29, 0.717) is 0 Å². The summed E-state index contributed by atoms with van der Waals surface area (Å²) in [7, 11) is 1.24. The number of rotatable bonds is 17. The Balaban J connectivity index is 2.07. The summed E-state index contributed by atoms with van der Waals surface area (Å²) in [5.41, 5.74) is 1.64. The highest BCUT2D eigenvalue weighted by molar-refractivity contribution is 5.91. The lowest BCUT2D eigenvalue weighted by Gasteiger charge is -2.29. The van der Waals surface area contributed by atoms with E-state index in [2.05, 4.69) is 21.3 Å². The number of hydrogen-bond acceptors (Lipinski definition) is 8. The van der Waals surface area contributed by atoms with Crippen LogP contribution in [0.1, 0.15) is 59.1 Å². The summed E-state index contributed by atoms with van der Waals surface area (Å²) in [4.78, 5) is 64.0. The lowest BCUT2D eigenvalue weighted by Crippen LogP contribution is -2.56. The molecule has 0 radical (unpaired) electrons. The Kier molecular flexibility index (Phi) is 15.9. The molecule has 4 amide bonds. The first-order chi connectivity index (χ1) is 22.2. The van der Waals surface area contributed by atoms with Crippen molar-refractivity contribution in [2.24, 2.45) is 17.8 Å². The van der Waals surface area contributed by atoms with Crippen LogP contribution < -0.4 is 21.3 Å². The number of hydrogen-bond donors (Lipinski definition) is 5. The number of nitrogens with one attached hydrogen (secondary N) is 4. The summed E-state index contributed by atoms with van der Waals surface area (Å²) in [5.74, 6) is -3.42. The summed E-state index contributed by atoms with van der Waals surface area (Å²) in [6, 6.07) is 14.8. The highest BCUT2D eigenvalue weighted by atomic mass is 16.5. The average molecular weight is 655 g/mol. The van der Waals surface area contributed by atoms with Crippen LogP contribution in [-0.4, -0.2) is 72.3 Å². The predicted octanol–water partition coefficient (Wildman–Crippen LogP) is 2.87. The minimum absolute atomic E-state index is 0.0340. The Morgan fingerprint density at radius 3 is 1.74 bits per heavy atom. The Morgan fingerprint density at radius 1 is 0.681 bits per heavy atom. The summed E-state index contributed by atoms with van der Waals surface area (Å²) < 4.78 is 10.0. The van der Waals surface area contributed by atoms with Gasteiger partial charge < -0.3 is 35.8 Å². The molecule has 0 fully saturated rings. The number of aliphatic hydroxyl groups excluding tert-OH is 1. The van der Waals surface area contributed by atoms with Crippen molar-refractivity contribution < 1.29 is 38.6 Å². The number of esters is 1. The van der Waals surface area contributed by atoms with Crippen LogP contribution in [0.15, 0.2) is 60.7 Å². The zero-order valence-corrected chi connectivity index (χ0v) is 28.3. The van der Waals surface area contributed by atoms with E-state index in [4.69, 9.17) is 9.47 Å². The monoisotopic (exact) mass is 654 g/mol. The molecule has 12 nitrogen and oxygen atoms in total. The molecular formula is C35H50N4O8. The van der Waals surface area contributed by atoms with Gasteiger partial charge in [0.1, 0.15) is 24.7 Å². The van der Waals surface area contributed by atoms with Crippen molar-refractivity contribution >= 4 is 29.8 Å². The second kappa shape index (κ2) is 19.3. The first-order valence-corrected chi connectivity index (χ1v) is 15.9. The van der Waals surface area contributed by atoms with E-state index in [1.54, 1.807) is 34.6 Å². The van der Waals surface area contributed by atoms with Gasteiger partial charge in [-0.1, -0.05) is 95.3 Å². The highest BCUT2D eigenvalue weighted by Gasteiger charge is 2.33. The topological polar surface area (TPSA) is 172 Å². The van der Waals surface area contributed by atoms with Gasteiger partial charge in [-0.2, -0.15) is 0 Å². The number of alkyl carbamates (subject to hydrolysis) is 1. The fourth-order valence-corrected chi connectivity index (χ4v) is 4.80. The van der Waals surface area contributed by atoms with Gasteiger partial charge in [0.2, 0.25) is 17.7 Å². The summed E-state index contributed by atoms with van der Waals surface area (Å²) in [6.45, 7) is 10.2. The van der Waals surface area contributed by atoms with Gasteiger partial charge in [-0.05, 0) is 42.7 Å². The second-order valence-electron chi connectivity index (χ2n) is 12.4. The number of aliphatic hydroxyl groups is 1. The minimum atomic E-state index is -1.16. The van der Waals surface area contributed by atoms with Crippen molar-refractivity contribution in [3.63, 3.8) is 0 Å². The van der Waals surface area contributed by atoms with Crippen molar-refractivity contribution in [1.82, 2.24) is 21.3 Å². The molecule has 0 aliphatic heterocycles. The second-order valence-corrected chi connectivity index (χ2v) is 12.4. The number of carbonyl (C=O) groups excluding carboxylic acids is 5. The van der Waals surface area contributed by atoms with Crippen molar-refractivity contribution in [1.29, 1.82) is 0 Å². The van der Waals surface area contributed by atoms with Crippen LogP contribution in [0, 0.1) is 17.8 Å². The maximum Gasteiger partial charge on any atom is 0.408 e. The summed E-state index contributed by atoms with van der Waals surface area (Å²) in [5, 5.41) is 22.0. The molecule has 0 heterocycles. The maximum atomic E-state index is 13.3. The van der Waals surface area contributed by atoms with Crippen LogP contribution in [0.2, 0.25) is 0 Å². The fraction of sp³-hybridized carbons (Fsp3) is 0.514. The van der Waals surface area contributed by atoms with Gasteiger partial charge in [0.05, 0.1) is 19.3 Å². The predicted molar refractivity (Wildman–Crippen MR) is 177 cm³/mol. The molecule has 2 aromatic rings. The minimum Gasteiger partial charge on any atom is -0.467 e. The molecule has 1 unspecified atom stereocenters. The molecule has 5 N–H and O–H groups in total. The van der Waals surface area contributed by atoms with E-state index in [0.717, 1.165) is 11.1 Å². The Labute approximate surface area is 277 Å². The van der Waals surface area contributed by atoms with Crippen LogP contribution >= 0.6 is 0 Å². The van der Waals surface area contributed by atoms with E-state index in [-0.39, 0.29) is 31.3 Å². The third kappa shape index (κ3) is 13.1. The number of amides is 4. The molecule has 47 heavy (non-hydrogen) atoms. The largest absolute Gasteiger partial charge is 0.467 e. The molecule has 6 atom stereocenters. The number of methoxy groups -OCH3 is 1. The van der Waals surface area contributed by atoms with Crippen molar-refractivity contribution in [2.45, 2.75) is 91.3 Å². The average Bonchev–Trinajstić information content (AvgIpc) is 3.04. The van der Waals surface area contributed by atoms with E-state index < -0.39 is 66.0 Å². The molecular weight excluding hydrogens is 604 g/mol. The van der Waals surface area contributed by atoms with E-state index in [1.165, 1.54) is 14.0 Å². The third-order valence-corrected chi connectivity index (χ3v) is 7.74. The summed E-state index contributed by atoms with van der Waals surface area (Å²) >= 11 is 0. The smallest absolute Gasteiger partial charge is 0.408 e. The molecule has 12 heteroatoms. The van der Waals surface area contributed by atoms with Crippen LogP contribution in [0.5, 0.6) is 0 Å². The lowest BCUT2D eigenvalue weighted by molar-refractivity contribution is -0.147. The molecule has 0 bridgehead atoms. The van der Waals surface area contributed by atoms with Crippen molar-refractivity contribution in [2.75, 3.05) is 7.11 Å². The zero-order chi connectivity index (χ0) is 35.1. The van der Waals surface area contributed by atoms with Crippen molar-refractivity contribution in [3.05, 3.63) is 71.8 Å². The molecule has 0 aliphatic carbocycles. The molecule has 2 rings (SSSR count). The van der Waals surface area contributed by atoms with Crippen LogP contribution in [-0.2, 0) is 41.7 Å². The quantitative estimate of drug-likeness (QED) is 0.162. The number of carbonyl (C=O) groups is 5. The molecule has 0 aromatic heterocycles. The molecule has 258 valence electrons. The van der Waals surface area contributed by atoms with Gasteiger partial charge in [-0.3, -0.25) is 14.4 Å². The Morgan fingerprint density at radius 2 is 1.21 bits per heavy atom. The summed E-state index contributed by atoms with van der Waals surface area (Å²) in [6.07, 6.45) is -1.70. The standard InChI is InChI=1S/C35H50N4O8/c1-21(2)29(33(43)39-30(22(3)4)34(44)46-7)38-31(41)23(5)18-28(40)27(19-25-14-10-8-11-15-25)37-32(42)24(6)36-35(45)47-20-26-16-12-9-13-17-26/h8-17,21-24,27-30,40H,18-20H2,1-7H3,(H,36,45)(H,37,42)(H,38,41)(H,39,43)/t23-,24+,27+,28?,29+,30+/m1/s1. The van der Waals surface area contributed by atoms with Gasteiger partial charge in [-0.15, -0.1) is 0 Å². The SMILES string of the molecule is COC(=O)[C@@H](NC(=O)[C@@H](NC(=O)[C@H](C)CC(O)[C@H](Cc1ccccc1)NC(=O)[C@H](C)NC(=O)OCc1ccccc1)C(C)C)C(C)C. The maximum absolute atomic E-state index is 13.3. The van der Waals surface area contributed by atoms with Gasteiger partial charge in [-0.25, -0.2) is 9.59 Å². The van der Waals surface area contributed by atoms with E-state index in [1.807, 2.05) is 60.7 Å². The molecule has 0 saturated carbocycles. The molecule has 0 spiro atoms. The van der Waals surface area contributed by atoms with Gasteiger partial charge in [0.25, 0.3) is 0 Å². The molecule has 0 aliphatic rings. The van der Waals surface area contributed by atoms with E-state index >= 15 is 0 Å². The highest BCUT2D eigenvalue weighted by Crippen LogP contribution is 2.16. The van der Waals surface area contributed by atoms with Crippen LogP contribution in [0.25, 0.3) is 0 Å². The molecule has 2 aromatic carbocycles. The third-order valence-electron chi connectivity index (χ3n) is 7.74.